The standard InChI is InChI=1S/C18H23NO/c1-14-13-16-17(10-5-11-18(16)20)19(14)12-6-9-15-7-3-2-4-8-15/h2-4,7-8,13,18,20H,5-6,9-12H2,1H3. The van der Waals surface area contributed by atoms with Gasteiger partial charge in [-0.05, 0) is 50.7 Å². The summed E-state index contributed by atoms with van der Waals surface area (Å²) in [5.74, 6) is 0. The van der Waals surface area contributed by atoms with Gasteiger partial charge in [0.15, 0.2) is 0 Å². The Morgan fingerprint density at radius 2 is 2.05 bits per heavy atom. The molecule has 3 rings (SSSR count). The molecule has 0 spiro atoms. The number of hydrogen-bond acceptors (Lipinski definition) is 1. The summed E-state index contributed by atoms with van der Waals surface area (Å²) in [6.45, 7) is 3.22. The highest BCUT2D eigenvalue weighted by atomic mass is 16.3. The van der Waals surface area contributed by atoms with Gasteiger partial charge in [0.25, 0.3) is 0 Å². The number of aliphatic hydroxyl groups excluding tert-OH is 1. The molecule has 0 bridgehead atoms. The highest BCUT2D eigenvalue weighted by molar-refractivity contribution is 5.31. The van der Waals surface area contributed by atoms with E-state index in [-0.39, 0.29) is 6.10 Å². The van der Waals surface area contributed by atoms with Gasteiger partial charge in [0.05, 0.1) is 6.10 Å². The Morgan fingerprint density at radius 1 is 1.25 bits per heavy atom. The smallest absolute Gasteiger partial charge is 0.0807 e. The first kappa shape index (κ1) is 13.4. The van der Waals surface area contributed by atoms with Crippen LogP contribution in [0.2, 0.25) is 0 Å². The molecule has 0 fully saturated rings. The second-order valence-corrected chi connectivity index (χ2v) is 5.84. The molecule has 0 aliphatic heterocycles. The van der Waals surface area contributed by atoms with Crippen LogP contribution in [0.25, 0.3) is 0 Å². The summed E-state index contributed by atoms with van der Waals surface area (Å²) >= 11 is 0. The molecular formula is C18H23NO. The molecule has 1 aliphatic rings. The molecule has 1 aromatic heterocycles. The van der Waals surface area contributed by atoms with Crippen LogP contribution in [0.1, 0.15) is 47.9 Å². The summed E-state index contributed by atoms with van der Waals surface area (Å²) in [7, 11) is 0. The van der Waals surface area contributed by atoms with Crippen LogP contribution < -0.4 is 0 Å². The van der Waals surface area contributed by atoms with Crippen LogP contribution in [0, 0.1) is 6.92 Å². The maximum atomic E-state index is 10.1. The second-order valence-electron chi connectivity index (χ2n) is 5.84. The van der Waals surface area contributed by atoms with Crippen molar-refractivity contribution >= 4 is 0 Å². The topological polar surface area (TPSA) is 25.2 Å². The number of benzene rings is 1. The van der Waals surface area contributed by atoms with Crippen LogP contribution in [0.4, 0.5) is 0 Å². The Morgan fingerprint density at radius 3 is 2.85 bits per heavy atom. The molecule has 0 saturated carbocycles. The number of aromatic nitrogens is 1. The minimum Gasteiger partial charge on any atom is -0.388 e. The van der Waals surface area contributed by atoms with E-state index in [0.717, 1.165) is 38.6 Å². The predicted molar refractivity (Wildman–Crippen MR) is 81.8 cm³/mol. The van der Waals surface area contributed by atoms with Crippen molar-refractivity contribution in [3.05, 3.63) is 58.9 Å². The third-order valence-corrected chi connectivity index (χ3v) is 4.39. The maximum absolute atomic E-state index is 10.1. The van der Waals surface area contributed by atoms with E-state index in [1.54, 1.807) is 0 Å². The van der Waals surface area contributed by atoms with Crippen molar-refractivity contribution in [3.8, 4) is 0 Å². The summed E-state index contributed by atoms with van der Waals surface area (Å²) in [5, 5.41) is 10.1. The van der Waals surface area contributed by atoms with E-state index in [2.05, 4.69) is 47.9 Å². The number of fused-ring (bicyclic) bond motifs is 1. The Labute approximate surface area is 121 Å². The highest BCUT2D eigenvalue weighted by Crippen LogP contribution is 2.32. The van der Waals surface area contributed by atoms with Crippen molar-refractivity contribution in [1.29, 1.82) is 0 Å². The van der Waals surface area contributed by atoms with Crippen LogP contribution in [-0.2, 0) is 19.4 Å². The van der Waals surface area contributed by atoms with Crippen LogP contribution >= 0.6 is 0 Å². The average molecular weight is 269 g/mol. The first-order valence-electron chi connectivity index (χ1n) is 7.66. The molecule has 0 saturated heterocycles. The van der Waals surface area contributed by atoms with Gasteiger partial charge in [-0.1, -0.05) is 30.3 Å². The monoisotopic (exact) mass is 269 g/mol. The molecule has 1 aromatic carbocycles. The van der Waals surface area contributed by atoms with Crippen LogP contribution in [0.15, 0.2) is 36.4 Å². The van der Waals surface area contributed by atoms with Gasteiger partial charge in [-0.3, -0.25) is 0 Å². The van der Waals surface area contributed by atoms with E-state index in [0.29, 0.717) is 0 Å². The molecule has 0 radical (unpaired) electrons. The Bertz CT molecular complexity index is 571. The summed E-state index contributed by atoms with van der Waals surface area (Å²) in [5.41, 5.74) is 5.25. The van der Waals surface area contributed by atoms with Gasteiger partial charge in [-0.25, -0.2) is 0 Å². The third kappa shape index (κ3) is 2.66. The van der Waals surface area contributed by atoms with E-state index in [1.165, 1.54) is 22.5 Å². The van der Waals surface area contributed by atoms with Gasteiger partial charge < -0.3 is 9.67 Å². The number of nitrogens with zero attached hydrogens (tertiary/aromatic N) is 1. The Balaban J connectivity index is 1.69. The van der Waals surface area contributed by atoms with E-state index in [9.17, 15) is 5.11 Å². The fourth-order valence-electron chi connectivity index (χ4n) is 3.34. The normalized spacial score (nSPS) is 18.0. The predicted octanol–water partition coefficient (Wildman–Crippen LogP) is 3.80. The van der Waals surface area contributed by atoms with Crippen LogP contribution in [0.3, 0.4) is 0 Å². The molecule has 2 nitrogen and oxygen atoms in total. The van der Waals surface area contributed by atoms with Gasteiger partial charge >= 0.3 is 0 Å². The zero-order valence-electron chi connectivity index (χ0n) is 12.2. The van der Waals surface area contributed by atoms with Gasteiger partial charge in [-0.15, -0.1) is 0 Å². The molecule has 1 aliphatic carbocycles. The van der Waals surface area contributed by atoms with E-state index in [1.807, 2.05) is 0 Å². The first-order chi connectivity index (χ1) is 9.75. The molecule has 0 amide bonds. The van der Waals surface area contributed by atoms with E-state index < -0.39 is 0 Å². The average Bonchev–Trinajstić information content (AvgIpc) is 2.78. The molecule has 2 heteroatoms. The lowest BCUT2D eigenvalue weighted by molar-refractivity contribution is 0.155. The van der Waals surface area contributed by atoms with E-state index >= 15 is 0 Å². The van der Waals surface area contributed by atoms with Crippen molar-refractivity contribution in [3.63, 3.8) is 0 Å². The van der Waals surface area contributed by atoms with Crippen molar-refractivity contribution in [1.82, 2.24) is 4.57 Å². The summed E-state index contributed by atoms with van der Waals surface area (Å²) in [6, 6.07) is 12.9. The zero-order chi connectivity index (χ0) is 13.9. The van der Waals surface area contributed by atoms with Crippen molar-refractivity contribution in [2.24, 2.45) is 0 Å². The summed E-state index contributed by atoms with van der Waals surface area (Å²) in [4.78, 5) is 0. The summed E-state index contributed by atoms with van der Waals surface area (Å²) < 4.78 is 2.42. The van der Waals surface area contributed by atoms with Crippen molar-refractivity contribution in [2.45, 2.75) is 51.7 Å². The first-order valence-corrected chi connectivity index (χ1v) is 7.66. The molecule has 2 aromatic rings. The SMILES string of the molecule is Cc1cc2c(n1CCCc1ccccc1)CCCC2O. The van der Waals surface area contributed by atoms with Gasteiger partial charge in [0, 0.05) is 23.5 Å². The van der Waals surface area contributed by atoms with E-state index in [4.69, 9.17) is 0 Å². The molecular weight excluding hydrogens is 246 g/mol. The van der Waals surface area contributed by atoms with Crippen LogP contribution in [-0.4, -0.2) is 9.67 Å². The summed E-state index contributed by atoms with van der Waals surface area (Å²) in [6.07, 6.45) is 5.17. The van der Waals surface area contributed by atoms with Gasteiger partial charge in [-0.2, -0.15) is 0 Å². The molecule has 1 unspecified atom stereocenters. The minimum atomic E-state index is -0.243. The lowest BCUT2D eigenvalue weighted by Gasteiger charge is -2.20. The molecule has 20 heavy (non-hydrogen) atoms. The quantitative estimate of drug-likeness (QED) is 0.897. The molecule has 1 N–H and O–H groups in total. The maximum Gasteiger partial charge on any atom is 0.0807 e. The second kappa shape index (κ2) is 5.84. The van der Waals surface area contributed by atoms with Gasteiger partial charge in [0.1, 0.15) is 0 Å². The minimum absolute atomic E-state index is 0.243. The highest BCUT2D eigenvalue weighted by Gasteiger charge is 2.22. The Hall–Kier alpha value is -1.54. The number of hydrogen-bond donors (Lipinski definition) is 1. The fraction of sp³-hybridized carbons (Fsp3) is 0.444. The third-order valence-electron chi connectivity index (χ3n) is 4.39. The zero-order valence-corrected chi connectivity index (χ0v) is 12.2. The Kier molecular flexibility index (Phi) is 3.93. The largest absolute Gasteiger partial charge is 0.388 e. The number of rotatable bonds is 4. The molecule has 1 atom stereocenters. The number of aliphatic hydroxyl groups is 1. The van der Waals surface area contributed by atoms with Gasteiger partial charge in [0.2, 0.25) is 0 Å². The molecule has 106 valence electrons. The van der Waals surface area contributed by atoms with Crippen molar-refractivity contribution < 1.29 is 5.11 Å². The molecule has 1 heterocycles. The fourth-order valence-corrected chi connectivity index (χ4v) is 3.34. The van der Waals surface area contributed by atoms with Crippen LogP contribution in [0.5, 0.6) is 0 Å². The van der Waals surface area contributed by atoms with Crippen molar-refractivity contribution in [2.75, 3.05) is 0 Å². The number of aryl methyl sites for hydroxylation is 2. The lowest BCUT2D eigenvalue weighted by Crippen LogP contribution is -2.13. The lowest BCUT2D eigenvalue weighted by atomic mass is 9.95.